The van der Waals surface area contributed by atoms with Crippen LogP contribution in [0.5, 0.6) is 0 Å². The van der Waals surface area contributed by atoms with Gasteiger partial charge in [-0.3, -0.25) is 0 Å². The van der Waals surface area contributed by atoms with Crippen LogP contribution in [0.25, 0.3) is 87.6 Å². The molecule has 0 aliphatic heterocycles. The molecule has 4 aliphatic carbocycles. The number of benzene rings is 12. The Morgan fingerprint density at radius 2 is 0.789 bits per heavy atom. The monoisotopic (exact) mass is 1180 g/mol. The fourth-order valence-electron chi connectivity index (χ4n) is 14.1. The number of hydrogen-bond donors (Lipinski definition) is 0. The maximum atomic E-state index is 14.6. The fourth-order valence-corrected chi connectivity index (χ4v) is 14.1. The van der Waals surface area contributed by atoms with Crippen molar-refractivity contribution in [2.75, 3.05) is 9.80 Å². The molecule has 8 heteroatoms. The lowest BCUT2D eigenvalue weighted by atomic mass is 9.67. The highest BCUT2D eigenvalue weighted by Crippen LogP contribution is 2.54. The van der Waals surface area contributed by atoms with Crippen molar-refractivity contribution in [3.8, 4) is 44.5 Å². The summed E-state index contributed by atoms with van der Waals surface area (Å²) in [6, 6.07) is 81.4. The van der Waals surface area contributed by atoms with Crippen molar-refractivity contribution in [1.82, 2.24) is 0 Å². The Balaban J connectivity index is 0.890. The van der Waals surface area contributed by atoms with E-state index in [1.807, 2.05) is 54.6 Å². The summed E-state index contributed by atoms with van der Waals surface area (Å²) < 4.78 is 87.5. The fraction of sp³-hybridized carbons (Fsp3) is 0.0488. The van der Waals surface area contributed by atoms with Gasteiger partial charge in [0, 0.05) is 34.1 Å². The number of halogens is 6. The van der Waals surface area contributed by atoms with E-state index in [2.05, 4.69) is 210 Å². The molecule has 2 unspecified atom stereocenters. The maximum absolute atomic E-state index is 14.6. The van der Waals surface area contributed by atoms with Crippen LogP contribution >= 0.6 is 0 Å². The van der Waals surface area contributed by atoms with Gasteiger partial charge >= 0.3 is 12.4 Å². The van der Waals surface area contributed by atoms with Gasteiger partial charge in [0.15, 0.2) is 0 Å². The molecule has 0 heterocycles. The molecular formula is C82H52F6N2. The van der Waals surface area contributed by atoms with Gasteiger partial charge in [0.2, 0.25) is 0 Å². The number of anilines is 4. The molecule has 90 heavy (non-hydrogen) atoms. The van der Waals surface area contributed by atoms with Crippen molar-refractivity contribution in [3.05, 3.63) is 348 Å². The topological polar surface area (TPSA) is 6.48 Å². The number of alkyl halides is 6. The predicted octanol–water partition coefficient (Wildman–Crippen LogP) is 23.1. The Morgan fingerprint density at radius 3 is 1.30 bits per heavy atom. The maximum Gasteiger partial charge on any atom is 0.416 e. The first-order chi connectivity index (χ1) is 43.9. The van der Waals surface area contributed by atoms with E-state index < -0.39 is 29.5 Å². The quantitative estimate of drug-likeness (QED) is 0.126. The molecule has 0 saturated heterocycles. The second-order valence-corrected chi connectivity index (χ2v) is 23.3. The largest absolute Gasteiger partial charge is 0.416 e. The zero-order valence-corrected chi connectivity index (χ0v) is 48.2. The molecule has 0 aromatic heterocycles. The second-order valence-electron chi connectivity index (χ2n) is 23.3. The third kappa shape index (κ3) is 9.28. The van der Waals surface area contributed by atoms with Gasteiger partial charge in [-0.1, -0.05) is 225 Å². The zero-order chi connectivity index (χ0) is 60.8. The first-order valence-corrected chi connectivity index (χ1v) is 30.0. The van der Waals surface area contributed by atoms with Crippen molar-refractivity contribution in [2.45, 2.75) is 18.4 Å². The van der Waals surface area contributed by atoms with Gasteiger partial charge in [-0.2, -0.15) is 26.3 Å². The molecule has 12 aromatic carbocycles. The Bertz CT molecular complexity index is 5150. The third-order valence-electron chi connectivity index (χ3n) is 18.3. The van der Waals surface area contributed by atoms with E-state index >= 15 is 0 Å². The zero-order valence-electron chi connectivity index (χ0n) is 48.2. The highest BCUT2D eigenvalue weighted by atomic mass is 19.4. The van der Waals surface area contributed by atoms with Gasteiger partial charge in [0.25, 0.3) is 0 Å². The normalized spacial score (nSPS) is 16.0. The lowest BCUT2D eigenvalue weighted by Crippen LogP contribution is -2.37. The summed E-state index contributed by atoms with van der Waals surface area (Å²) in [5, 5.41) is 8.51. The molecule has 0 radical (unpaired) electrons. The summed E-state index contributed by atoms with van der Waals surface area (Å²) in [6.07, 6.45) is 7.88. The molecule has 16 rings (SSSR count). The second kappa shape index (κ2) is 21.4. The lowest BCUT2D eigenvalue weighted by Gasteiger charge is -2.44. The average molecular weight is 1180 g/mol. The van der Waals surface area contributed by atoms with E-state index in [1.165, 1.54) is 0 Å². The van der Waals surface area contributed by atoms with Gasteiger partial charge in [-0.25, -0.2) is 0 Å². The first-order valence-electron chi connectivity index (χ1n) is 30.0. The minimum absolute atomic E-state index is 0.355. The molecule has 0 amide bonds. The van der Waals surface area contributed by atoms with Crippen LogP contribution in [0.1, 0.15) is 11.1 Å². The average Bonchev–Trinajstić information content (AvgIpc) is 0.753. The van der Waals surface area contributed by atoms with Gasteiger partial charge in [-0.05, 0) is 183 Å². The Morgan fingerprint density at radius 1 is 0.344 bits per heavy atom. The summed E-state index contributed by atoms with van der Waals surface area (Å²) >= 11 is 0. The van der Waals surface area contributed by atoms with Gasteiger partial charge < -0.3 is 9.80 Å². The highest BCUT2D eigenvalue weighted by Gasteiger charge is 2.41. The van der Waals surface area contributed by atoms with Crippen molar-refractivity contribution in [1.29, 1.82) is 0 Å². The summed E-state index contributed by atoms with van der Waals surface area (Å²) in [5.41, 5.74) is 14.6. The van der Waals surface area contributed by atoms with Gasteiger partial charge in [0.05, 0.1) is 28.6 Å². The molecule has 0 fully saturated rings. The van der Waals surface area contributed by atoms with Crippen LogP contribution in [0.4, 0.5) is 49.1 Å². The number of hydrogen-bond acceptors (Lipinski definition) is 2. The molecule has 2 nitrogen and oxygen atoms in total. The molecule has 0 bridgehead atoms. The molecule has 2 atom stereocenters. The van der Waals surface area contributed by atoms with Crippen molar-refractivity contribution < 1.29 is 26.3 Å². The number of rotatable bonds is 10. The van der Waals surface area contributed by atoms with Crippen LogP contribution in [0.2, 0.25) is 0 Å². The number of fused-ring (bicyclic) bond motifs is 4. The van der Waals surface area contributed by atoms with E-state index in [1.54, 1.807) is 24.3 Å². The third-order valence-corrected chi connectivity index (χ3v) is 18.3. The molecule has 0 N–H and O–H groups in total. The van der Waals surface area contributed by atoms with Gasteiger partial charge in [0.1, 0.15) is 0 Å². The minimum atomic E-state index is -4.57. The van der Waals surface area contributed by atoms with Crippen LogP contribution in [0.3, 0.4) is 0 Å². The smallest absolute Gasteiger partial charge is 0.330 e. The summed E-state index contributed by atoms with van der Waals surface area (Å²) in [5.74, 6) is -0.355. The summed E-state index contributed by atoms with van der Waals surface area (Å²) in [4.78, 5) is 4.29. The van der Waals surface area contributed by atoms with E-state index in [9.17, 15) is 26.3 Å². The van der Waals surface area contributed by atoms with Crippen LogP contribution in [0, 0.1) is 5.92 Å². The van der Waals surface area contributed by atoms with E-state index in [-0.39, 0.29) is 5.92 Å². The molecule has 432 valence electrons. The van der Waals surface area contributed by atoms with E-state index in [4.69, 9.17) is 0 Å². The first kappa shape index (κ1) is 54.4. The molecule has 0 saturated carbocycles. The predicted molar refractivity (Wildman–Crippen MR) is 357 cm³/mol. The van der Waals surface area contributed by atoms with Crippen molar-refractivity contribution in [2.24, 2.45) is 5.92 Å². The number of allylic oxidation sites excluding steroid dienone is 10. The van der Waals surface area contributed by atoms with Crippen LogP contribution < -0.4 is 9.80 Å². The molecular weight excluding hydrogens is 1130 g/mol. The minimum Gasteiger partial charge on any atom is -0.330 e. The Labute approximate surface area is 516 Å². The summed E-state index contributed by atoms with van der Waals surface area (Å²) in [7, 11) is 0. The number of nitrogens with zero attached hydrogens (tertiary/aromatic N) is 2. The van der Waals surface area contributed by atoms with Crippen LogP contribution in [-0.4, -0.2) is 6.04 Å². The Hall–Kier alpha value is -11.0. The summed E-state index contributed by atoms with van der Waals surface area (Å²) in [6.45, 7) is 0. The molecule has 12 aromatic rings. The van der Waals surface area contributed by atoms with Gasteiger partial charge in [-0.15, -0.1) is 0 Å². The molecule has 0 spiro atoms. The van der Waals surface area contributed by atoms with Crippen molar-refractivity contribution in [3.63, 3.8) is 0 Å². The Kier molecular flexibility index (Phi) is 13.0. The highest BCUT2D eigenvalue weighted by molar-refractivity contribution is 6.06. The lowest BCUT2D eigenvalue weighted by molar-refractivity contribution is -0.138. The van der Waals surface area contributed by atoms with Crippen LogP contribution in [0.15, 0.2) is 337 Å². The standard InChI is InChI=1S/C82H52F6N2/c83-81(84,85)59-35-39-61(40-36-59)89(77-47-33-57(67-25-9-17-51-13-1-5-21-63(51)67)49-73(77)69-27-11-19-53-15-3-7-23-65(53)69)75-45-31-55-30-44-72-76(46-32-56-29-43-71(75)79(55)80(56)72)90(62-41-37-60(38-42-62)82(86,87)88)78-48-34-58(68-26-10-18-52-14-2-6-22-64(52)68)50-74(78)70-28-12-20-54-16-4-8-24-66(54)70/h1-50,75,80H. The van der Waals surface area contributed by atoms with E-state index in [0.29, 0.717) is 11.4 Å². The van der Waals surface area contributed by atoms with Crippen LogP contribution in [-0.2, 0) is 12.4 Å². The van der Waals surface area contributed by atoms with Crippen molar-refractivity contribution >= 4 is 65.8 Å². The SMILES string of the molecule is FC(F)(F)c1ccc(N(C2=C3C=CC4=C5C(=CC=C(C=C2)C35)C(N(c2ccc(C(F)(F)F)cc2)c2ccc(-c3cccc5ccccc35)cc2-c2cccc3ccccc23)C=C4)c2ccc(-c3cccc4ccccc34)cc2-c2cccc3ccccc23)cc1. The van der Waals surface area contributed by atoms with E-state index in [0.717, 1.165) is 157 Å². The molecule has 4 aliphatic rings.